The van der Waals surface area contributed by atoms with Crippen LogP contribution in [-0.4, -0.2) is 23.7 Å². The Morgan fingerprint density at radius 3 is 2.35 bits per heavy atom. The van der Waals surface area contributed by atoms with Gasteiger partial charge in [0, 0.05) is 0 Å². The highest BCUT2D eigenvalue weighted by Crippen LogP contribution is 2.30. The first-order valence-corrected chi connectivity index (χ1v) is 6.77. The van der Waals surface area contributed by atoms with Crippen LogP contribution in [-0.2, 0) is 11.2 Å². The number of aromatic carboxylic acids is 1. The topological polar surface area (TPSA) is 63.6 Å². The Balaban J connectivity index is 3.34. The fourth-order valence-corrected chi connectivity index (χ4v) is 2.23. The van der Waals surface area contributed by atoms with Crippen molar-refractivity contribution in [2.75, 3.05) is 6.61 Å². The maximum Gasteiger partial charge on any atom is 0.339 e. The lowest BCUT2D eigenvalue weighted by molar-refractivity contribution is 0.0514. The number of carboxylic acid groups (broad SMARTS) is 1. The Bertz CT molecular complexity index is 529. The quantitative estimate of drug-likeness (QED) is 0.859. The molecule has 110 valence electrons. The molecular weight excluding hydrogens is 280 g/mol. The summed E-state index contributed by atoms with van der Waals surface area (Å²) in [5.41, 5.74) is 0.476. The second-order valence-electron chi connectivity index (χ2n) is 5.72. The van der Waals surface area contributed by atoms with E-state index in [4.69, 9.17) is 16.3 Å². The molecule has 0 aliphatic rings. The first-order chi connectivity index (χ1) is 9.17. The predicted octanol–water partition coefficient (Wildman–Crippen LogP) is 3.80. The highest BCUT2D eigenvalue weighted by atomic mass is 35.5. The smallest absolute Gasteiger partial charge is 0.339 e. The van der Waals surface area contributed by atoms with Crippen molar-refractivity contribution in [2.45, 2.75) is 34.1 Å². The second-order valence-corrected chi connectivity index (χ2v) is 6.10. The van der Waals surface area contributed by atoms with E-state index in [0.717, 1.165) is 0 Å². The molecule has 1 rings (SSSR count). The summed E-state index contributed by atoms with van der Waals surface area (Å²) in [5.74, 6) is -1.90. The standard InChI is InChI=1S/C15H19ClO4/c1-5-20-14(19)10-7-6-9(8-15(2,3)4)12(16)11(10)13(17)18/h6-7H,5,8H2,1-4H3,(H,17,18). The van der Waals surface area contributed by atoms with Crippen molar-refractivity contribution in [3.05, 3.63) is 33.8 Å². The van der Waals surface area contributed by atoms with Gasteiger partial charge < -0.3 is 9.84 Å². The van der Waals surface area contributed by atoms with Gasteiger partial charge >= 0.3 is 11.9 Å². The van der Waals surface area contributed by atoms with Crippen LogP contribution < -0.4 is 0 Å². The van der Waals surface area contributed by atoms with Gasteiger partial charge in [0.15, 0.2) is 0 Å². The number of hydrogen-bond acceptors (Lipinski definition) is 3. The fourth-order valence-electron chi connectivity index (χ4n) is 1.92. The third-order valence-electron chi connectivity index (χ3n) is 2.65. The van der Waals surface area contributed by atoms with E-state index < -0.39 is 11.9 Å². The second kappa shape index (κ2) is 6.27. The van der Waals surface area contributed by atoms with Crippen LogP contribution in [0.4, 0.5) is 0 Å². The SMILES string of the molecule is CCOC(=O)c1ccc(CC(C)(C)C)c(Cl)c1C(=O)O. The molecule has 5 heteroatoms. The zero-order valence-corrected chi connectivity index (χ0v) is 12.9. The molecular formula is C15H19ClO4. The van der Waals surface area contributed by atoms with Gasteiger partial charge in [-0.05, 0) is 30.4 Å². The van der Waals surface area contributed by atoms with E-state index in [2.05, 4.69) is 0 Å². The average Bonchev–Trinajstić information content (AvgIpc) is 2.29. The van der Waals surface area contributed by atoms with Crippen molar-refractivity contribution in [3.63, 3.8) is 0 Å². The number of benzene rings is 1. The summed E-state index contributed by atoms with van der Waals surface area (Å²) < 4.78 is 4.85. The Morgan fingerprint density at radius 2 is 1.90 bits per heavy atom. The Hall–Kier alpha value is -1.55. The van der Waals surface area contributed by atoms with Gasteiger partial charge in [-0.1, -0.05) is 38.4 Å². The van der Waals surface area contributed by atoms with Gasteiger partial charge in [-0.15, -0.1) is 0 Å². The molecule has 20 heavy (non-hydrogen) atoms. The summed E-state index contributed by atoms with van der Waals surface area (Å²) in [6.07, 6.45) is 0.620. The molecule has 1 aromatic rings. The van der Waals surface area contributed by atoms with Crippen LogP contribution in [0, 0.1) is 5.41 Å². The summed E-state index contributed by atoms with van der Waals surface area (Å²) in [5, 5.41) is 9.40. The molecule has 1 N–H and O–H groups in total. The summed E-state index contributed by atoms with van der Waals surface area (Å²) in [6, 6.07) is 3.15. The summed E-state index contributed by atoms with van der Waals surface area (Å²) >= 11 is 6.17. The summed E-state index contributed by atoms with van der Waals surface area (Å²) in [4.78, 5) is 23.2. The molecule has 0 unspecified atom stereocenters. The maximum absolute atomic E-state index is 11.8. The van der Waals surface area contributed by atoms with E-state index in [1.54, 1.807) is 13.0 Å². The monoisotopic (exact) mass is 298 g/mol. The number of esters is 1. The van der Waals surface area contributed by atoms with Gasteiger partial charge in [-0.25, -0.2) is 9.59 Å². The van der Waals surface area contributed by atoms with Crippen molar-refractivity contribution in [1.82, 2.24) is 0 Å². The number of ether oxygens (including phenoxy) is 1. The average molecular weight is 299 g/mol. The van der Waals surface area contributed by atoms with Crippen LogP contribution in [0.25, 0.3) is 0 Å². The zero-order valence-electron chi connectivity index (χ0n) is 12.1. The van der Waals surface area contributed by atoms with Gasteiger partial charge in [-0.2, -0.15) is 0 Å². The van der Waals surface area contributed by atoms with Crippen molar-refractivity contribution in [2.24, 2.45) is 5.41 Å². The summed E-state index contributed by atoms with van der Waals surface area (Å²) in [7, 11) is 0. The normalized spacial score (nSPS) is 11.2. The lowest BCUT2D eigenvalue weighted by atomic mass is 9.87. The molecule has 0 aromatic heterocycles. The van der Waals surface area contributed by atoms with Crippen LogP contribution in [0.3, 0.4) is 0 Å². The van der Waals surface area contributed by atoms with Gasteiger partial charge in [0.25, 0.3) is 0 Å². The molecule has 0 aliphatic heterocycles. The maximum atomic E-state index is 11.8. The number of carboxylic acids is 1. The number of halogens is 1. The molecule has 0 amide bonds. The van der Waals surface area contributed by atoms with E-state index in [1.165, 1.54) is 6.07 Å². The van der Waals surface area contributed by atoms with E-state index in [9.17, 15) is 14.7 Å². The van der Waals surface area contributed by atoms with Crippen LogP contribution >= 0.6 is 11.6 Å². The van der Waals surface area contributed by atoms with Crippen LogP contribution in [0.1, 0.15) is 54.0 Å². The van der Waals surface area contributed by atoms with Crippen molar-refractivity contribution < 1.29 is 19.4 Å². The van der Waals surface area contributed by atoms with Crippen molar-refractivity contribution in [1.29, 1.82) is 0 Å². The molecule has 0 heterocycles. The number of hydrogen-bond donors (Lipinski definition) is 1. The first-order valence-electron chi connectivity index (χ1n) is 6.39. The molecule has 0 bridgehead atoms. The minimum Gasteiger partial charge on any atom is -0.478 e. The van der Waals surface area contributed by atoms with Crippen molar-refractivity contribution >= 4 is 23.5 Å². The molecule has 0 atom stereocenters. The molecule has 0 saturated heterocycles. The molecule has 1 aromatic carbocycles. The minimum absolute atomic E-state index is 0.0120. The van der Waals surface area contributed by atoms with Crippen molar-refractivity contribution in [3.8, 4) is 0 Å². The summed E-state index contributed by atoms with van der Waals surface area (Å²) in [6.45, 7) is 7.93. The molecule has 0 spiro atoms. The van der Waals surface area contributed by atoms with E-state index >= 15 is 0 Å². The molecule has 0 radical (unpaired) electrons. The molecule has 0 aliphatic carbocycles. The van der Waals surface area contributed by atoms with Gasteiger partial charge in [0.05, 0.1) is 22.8 Å². The van der Waals surface area contributed by atoms with E-state index in [0.29, 0.717) is 12.0 Å². The lowest BCUT2D eigenvalue weighted by Gasteiger charge is -2.20. The van der Waals surface area contributed by atoms with E-state index in [1.807, 2.05) is 20.8 Å². The van der Waals surface area contributed by atoms with Gasteiger partial charge in [0.2, 0.25) is 0 Å². The molecule has 4 nitrogen and oxygen atoms in total. The Kier molecular flexibility index (Phi) is 5.17. The molecule has 0 saturated carbocycles. The minimum atomic E-state index is -1.23. The highest BCUT2D eigenvalue weighted by molar-refractivity contribution is 6.35. The number of carbonyl (C=O) groups excluding carboxylic acids is 1. The number of carbonyl (C=O) groups is 2. The zero-order chi connectivity index (χ0) is 15.5. The predicted molar refractivity (Wildman–Crippen MR) is 77.5 cm³/mol. The van der Waals surface area contributed by atoms with Crippen LogP contribution in [0.15, 0.2) is 12.1 Å². The van der Waals surface area contributed by atoms with Crippen LogP contribution in [0.5, 0.6) is 0 Å². The third-order valence-corrected chi connectivity index (χ3v) is 3.08. The molecule has 0 fully saturated rings. The van der Waals surface area contributed by atoms with Gasteiger partial charge in [0.1, 0.15) is 0 Å². The lowest BCUT2D eigenvalue weighted by Crippen LogP contribution is -2.15. The van der Waals surface area contributed by atoms with Crippen LogP contribution in [0.2, 0.25) is 5.02 Å². The highest BCUT2D eigenvalue weighted by Gasteiger charge is 2.24. The van der Waals surface area contributed by atoms with Gasteiger partial charge in [-0.3, -0.25) is 0 Å². The third kappa shape index (κ3) is 3.97. The number of rotatable bonds is 4. The fraction of sp³-hybridized carbons (Fsp3) is 0.467. The Morgan fingerprint density at radius 1 is 1.30 bits per heavy atom. The Labute approximate surface area is 123 Å². The van der Waals surface area contributed by atoms with E-state index in [-0.39, 0.29) is 28.2 Å². The largest absolute Gasteiger partial charge is 0.478 e. The first kappa shape index (κ1) is 16.5.